The molecular formula is C20H22N2O6. The van der Waals surface area contributed by atoms with Gasteiger partial charge in [0.25, 0.3) is 5.91 Å². The summed E-state index contributed by atoms with van der Waals surface area (Å²) in [5.74, 6) is -0.895. The zero-order valence-electron chi connectivity index (χ0n) is 15.7. The molecule has 148 valence electrons. The van der Waals surface area contributed by atoms with Crippen molar-refractivity contribution in [3.8, 4) is 5.75 Å². The van der Waals surface area contributed by atoms with Crippen LogP contribution in [0.5, 0.6) is 5.75 Å². The molecule has 2 aromatic carbocycles. The fraction of sp³-hybridized carbons (Fsp3) is 0.300. The van der Waals surface area contributed by atoms with Gasteiger partial charge in [0.05, 0.1) is 30.6 Å². The van der Waals surface area contributed by atoms with Gasteiger partial charge in [0, 0.05) is 11.6 Å². The molecule has 0 bridgehead atoms. The summed E-state index contributed by atoms with van der Waals surface area (Å²) in [6.07, 6.45) is -0.0529. The summed E-state index contributed by atoms with van der Waals surface area (Å²) in [6.45, 7) is 3.92. The average molecular weight is 386 g/mol. The summed E-state index contributed by atoms with van der Waals surface area (Å²) in [5.41, 5.74) is 0.528. The highest BCUT2D eigenvalue weighted by molar-refractivity contribution is 5.95. The van der Waals surface area contributed by atoms with Gasteiger partial charge < -0.3 is 14.8 Å². The fourth-order valence-corrected chi connectivity index (χ4v) is 2.64. The summed E-state index contributed by atoms with van der Waals surface area (Å²) in [4.78, 5) is 35.3. The minimum atomic E-state index is -0.627. The molecular weight excluding hydrogens is 364 g/mol. The number of nitrogens with one attached hydrogen (secondary N) is 1. The van der Waals surface area contributed by atoms with E-state index in [2.05, 4.69) is 5.32 Å². The van der Waals surface area contributed by atoms with Crippen molar-refractivity contribution in [1.29, 1.82) is 0 Å². The van der Waals surface area contributed by atoms with Crippen molar-refractivity contribution in [3.05, 3.63) is 69.8 Å². The van der Waals surface area contributed by atoms with Gasteiger partial charge in [0.15, 0.2) is 5.75 Å². The molecule has 8 nitrogen and oxygen atoms in total. The lowest BCUT2D eigenvalue weighted by atomic mass is 10.0. The molecule has 0 radical (unpaired) electrons. The largest absolute Gasteiger partial charge is 0.487 e. The van der Waals surface area contributed by atoms with E-state index >= 15 is 0 Å². The second kappa shape index (κ2) is 10.1. The second-order valence-electron chi connectivity index (χ2n) is 5.82. The predicted octanol–water partition coefficient (Wildman–Crippen LogP) is 3.42. The van der Waals surface area contributed by atoms with Gasteiger partial charge in [0.2, 0.25) is 0 Å². The van der Waals surface area contributed by atoms with Crippen molar-refractivity contribution in [3.63, 3.8) is 0 Å². The molecule has 8 heteroatoms. The van der Waals surface area contributed by atoms with Crippen LogP contribution in [0.3, 0.4) is 0 Å². The Morgan fingerprint density at radius 1 is 1.11 bits per heavy atom. The molecule has 0 saturated carbocycles. The van der Waals surface area contributed by atoms with Crippen LogP contribution in [0.25, 0.3) is 0 Å². The van der Waals surface area contributed by atoms with Crippen molar-refractivity contribution in [2.24, 2.45) is 0 Å². The maximum Gasteiger partial charge on any atom is 0.311 e. The van der Waals surface area contributed by atoms with E-state index < -0.39 is 22.8 Å². The quantitative estimate of drug-likeness (QED) is 0.402. The van der Waals surface area contributed by atoms with Crippen LogP contribution >= 0.6 is 0 Å². The number of benzene rings is 2. The molecule has 0 aliphatic carbocycles. The van der Waals surface area contributed by atoms with Gasteiger partial charge in [-0.15, -0.1) is 0 Å². The maximum absolute atomic E-state index is 12.7. The van der Waals surface area contributed by atoms with Crippen LogP contribution in [0.2, 0.25) is 0 Å². The highest BCUT2D eigenvalue weighted by Gasteiger charge is 2.23. The van der Waals surface area contributed by atoms with Gasteiger partial charge in [-0.2, -0.15) is 0 Å². The van der Waals surface area contributed by atoms with E-state index in [-0.39, 0.29) is 36.6 Å². The lowest BCUT2D eigenvalue weighted by Gasteiger charge is -2.18. The zero-order chi connectivity index (χ0) is 20.5. The van der Waals surface area contributed by atoms with E-state index in [0.29, 0.717) is 0 Å². The normalized spacial score (nSPS) is 11.4. The number of carbonyl (C=O) groups is 2. The van der Waals surface area contributed by atoms with E-state index in [9.17, 15) is 19.7 Å². The van der Waals surface area contributed by atoms with E-state index in [1.54, 1.807) is 38.1 Å². The minimum Gasteiger partial charge on any atom is -0.487 e. The number of amides is 1. The molecule has 2 rings (SSSR count). The van der Waals surface area contributed by atoms with Crippen LogP contribution in [0.1, 0.15) is 42.2 Å². The van der Waals surface area contributed by atoms with Gasteiger partial charge in [-0.05, 0) is 31.5 Å². The third kappa shape index (κ3) is 5.54. The van der Waals surface area contributed by atoms with Gasteiger partial charge in [0.1, 0.15) is 0 Å². The number of hydrogen-bond donors (Lipinski definition) is 1. The third-order valence-electron chi connectivity index (χ3n) is 3.90. The lowest BCUT2D eigenvalue weighted by Crippen LogP contribution is -2.30. The van der Waals surface area contributed by atoms with Gasteiger partial charge >= 0.3 is 11.7 Å². The molecule has 0 spiro atoms. The van der Waals surface area contributed by atoms with E-state index in [1.165, 1.54) is 12.1 Å². The number of hydrogen-bond acceptors (Lipinski definition) is 6. The first kappa shape index (κ1) is 20.9. The Bertz CT molecular complexity index is 838. The van der Waals surface area contributed by atoms with E-state index in [4.69, 9.17) is 9.47 Å². The summed E-state index contributed by atoms with van der Waals surface area (Å²) in [7, 11) is 0. The van der Waals surface area contributed by atoms with Gasteiger partial charge in [-0.3, -0.25) is 19.7 Å². The first-order chi connectivity index (χ1) is 13.5. The molecule has 0 aliphatic rings. The lowest BCUT2D eigenvalue weighted by molar-refractivity contribution is -0.385. The Labute approximate surface area is 162 Å². The summed E-state index contributed by atoms with van der Waals surface area (Å²) >= 11 is 0. The first-order valence-corrected chi connectivity index (χ1v) is 8.88. The topological polar surface area (TPSA) is 108 Å². The van der Waals surface area contributed by atoms with E-state index in [1.807, 2.05) is 6.07 Å². The van der Waals surface area contributed by atoms with Crippen LogP contribution in [-0.4, -0.2) is 30.0 Å². The SMILES string of the molecule is CCOC(=O)CC(NC(=O)c1ccc(OCC)c([N+](=O)[O-])c1)c1ccccc1. The number of rotatable bonds is 9. The molecule has 0 fully saturated rings. The average Bonchev–Trinajstić information content (AvgIpc) is 2.68. The Morgan fingerprint density at radius 3 is 2.43 bits per heavy atom. The summed E-state index contributed by atoms with van der Waals surface area (Å²) < 4.78 is 10.2. The second-order valence-corrected chi connectivity index (χ2v) is 5.82. The number of esters is 1. The van der Waals surface area contributed by atoms with Crippen molar-refractivity contribution < 1.29 is 24.0 Å². The molecule has 0 aliphatic heterocycles. The maximum atomic E-state index is 12.7. The van der Waals surface area contributed by atoms with Crippen LogP contribution in [0.15, 0.2) is 48.5 Å². The number of nitro groups is 1. The van der Waals surface area contributed by atoms with Gasteiger partial charge in [-0.25, -0.2) is 0 Å². The predicted molar refractivity (Wildman–Crippen MR) is 102 cm³/mol. The molecule has 1 N–H and O–H groups in total. The van der Waals surface area contributed by atoms with Crippen molar-refractivity contribution in [2.45, 2.75) is 26.3 Å². The third-order valence-corrected chi connectivity index (χ3v) is 3.90. The highest BCUT2D eigenvalue weighted by Crippen LogP contribution is 2.28. The number of ether oxygens (including phenoxy) is 2. The van der Waals surface area contributed by atoms with Crippen molar-refractivity contribution >= 4 is 17.6 Å². The van der Waals surface area contributed by atoms with Crippen molar-refractivity contribution in [2.75, 3.05) is 13.2 Å². The Morgan fingerprint density at radius 2 is 1.82 bits per heavy atom. The van der Waals surface area contributed by atoms with E-state index in [0.717, 1.165) is 11.6 Å². The Kier molecular flexibility index (Phi) is 7.50. The van der Waals surface area contributed by atoms with Crippen LogP contribution in [0, 0.1) is 10.1 Å². The number of nitro benzene ring substituents is 1. The molecule has 2 aromatic rings. The smallest absolute Gasteiger partial charge is 0.311 e. The molecule has 1 unspecified atom stereocenters. The van der Waals surface area contributed by atoms with Gasteiger partial charge in [-0.1, -0.05) is 30.3 Å². The summed E-state index contributed by atoms with van der Waals surface area (Å²) in [6, 6.07) is 12.3. The monoisotopic (exact) mass is 386 g/mol. The summed E-state index contributed by atoms with van der Waals surface area (Å²) in [5, 5.41) is 14.0. The zero-order valence-corrected chi connectivity index (χ0v) is 15.7. The van der Waals surface area contributed by atoms with Crippen LogP contribution in [0.4, 0.5) is 5.69 Å². The highest BCUT2D eigenvalue weighted by atomic mass is 16.6. The Balaban J connectivity index is 2.26. The number of carbonyl (C=O) groups excluding carboxylic acids is 2. The molecule has 0 heterocycles. The molecule has 1 atom stereocenters. The standard InChI is InChI=1S/C20H22N2O6/c1-3-27-18-11-10-15(12-17(18)22(25)26)20(24)21-16(13-19(23)28-4-2)14-8-6-5-7-9-14/h5-12,16H,3-4,13H2,1-2H3,(H,21,24). The minimum absolute atomic E-state index is 0.0529. The molecule has 0 aromatic heterocycles. The van der Waals surface area contributed by atoms with Crippen LogP contribution in [-0.2, 0) is 9.53 Å². The van der Waals surface area contributed by atoms with Crippen molar-refractivity contribution in [1.82, 2.24) is 5.32 Å². The number of nitrogens with zero attached hydrogens (tertiary/aromatic N) is 1. The molecule has 28 heavy (non-hydrogen) atoms. The Hall–Kier alpha value is -3.42. The molecule has 0 saturated heterocycles. The fourth-order valence-electron chi connectivity index (χ4n) is 2.64. The molecule has 1 amide bonds. The van der Waals surface area contributed by atoms with Crippen LogP contribution < -0.4 is 10.1 Å². The first-order valence-electron chi connectivity index (χ1n) is 8.88.